The average molecular weight is 336 g/mol. The summed E-state index contributed by atoms with van der Waals surface area (Å²) in [7, 11) is 1.71. The summed E-state index contributed by atoms with van der Waals surface area (Å²) in [5.41, 5.74) is 0.250. The molecule has 0 aromatic carbocycles. The quantitative estimate of drug-likeness (QED) is 0.843. The molecule has 23 heavy (non-hydrogen) atoms. The molecule has 0 unspecified atom stereocenters. The monoisotopic (exact) mass is 336 g/mol. The summed E-state index contributed by atoms with van der Waals surface area (Å²) in [6.07, 6.45) is 5.12. The summed E-state index contributed by atoms with van der Waals surface area (Å²) < 4.78 is 29.2. The van der Waals surface area contributed by atoms with E-state index in [1.165, 1.54) is 23.2 Å². The van der Waals surface area contributed by atoms with Crippen LogP contribution in [0.2, 0.25) is 0 Å². The van der Waals surface area contributed by atoms with Gasteiger partial charge in [-0.15, -0.1) is 11.3 Å². The molecule has 120 valence electrons. The van der Waals surface area contributed by atoms with Gasteiger partial charge in [-0.3, -0.25) is 9.48 Å². The first kappa shape index (κ1) is 16.8. The SMILES string of the molecule is C=C/C(F)=C(\C(F)=C/C)c1nc(C(=O)Nc2cnn(C)c2)cs1. The van der Waals surface area contributed by atoms with Crippen LogP contribution >= 0.6 is 11.3 Å². The normalized spacial score (nSPS) is 12.8. The lowest BCUT2D eigenvalue weighted by molar-refractivity contribution is 0.102. The number of thiazole rings is 1. The van der Waals surface area contributed by atoms with E-state index in [2.05, 4.69) is 22.0 Å². The number of aryl methyl sites for hydroxylation is 1. The first-order valence-electron chi connectivity index (χ1n) is 6.56. The first-order valence-corrected chi connectivity index (χ1v) is 7.44. The maximum atomic E-state index is 13.9. The van der Waals surface area contributed by atoms with Gasteiger partial charge in [-0.2, -0.15) is 5.10 Å². The topological polar surface area (TPSA) is 59.8 Å². The third-order valence-corrected chi connectivity index (χ3v) is 3.68. The molecule has 2 aromatic heterocycles. The zero-order chi connectivity index (χ0) is 17.0. The fraction of sp³-hybridized carbons (Fsp3) is 0.133. The number of hydrogen-bond acceptors (Lipinski definition) is 4. The van der Waals surface area contributed by atoms with Gasteiger partial charge in [0.25, 0.3) is 5.91 Å². The van der Waals surface area contributed by atoms with Crippen molar-refractivity contribution in [2.24, 2.45) is 7.05 Å². The Labute approximate surface area is 135 Å². The molecule has 1 N–H and O–H groups in total. The van der Waals surface area contributed by atoms with Gasteiger partial charge >= 0.3 is 0 Å². The van der Waals surface area contributed by atoms with Crippen molar-refractivity contribution in [2.45, 2.75) is 6.92 Å². The van der Waals surface area contributed by atoms with Gasteiger partial charge < -0.3 is 5.32 Å². The molecular weight excluding hydrogens is 322 g/mol. The largest absolute Gasteiger partial charge is 0.318 e. The van der Waals surface area contributed by atoms with E-state index in [-0.39, 0.29) is 16.3 Å². The molecule has 0 saturated carbocycles. The van der Waals surface area contributed by atoms with Crippen LogP contribution in [0.15, 0.2) is 48.2 Å². The Hall–Kier alpha value is -2.61. The lowest BCUT2D eigenvalue weighted by atomic mass is 10.2. The number of amides is 1. The molecular formula is C15H14F2N4OS. The molecule has 2 rings (SSSR count). The Bertz CT molecular complexity index is 804. The highest BCUT2D eigenvalue weighted by atomic mass is 32.1. The molecule has 2 aromatic rings. The minimum absolute atomic E-state index is 0.0621. The predicted molar refractivity (Wildman–Crippen MR) is 86.4 cm³/mol. The van der Waals surface area contributed by atoms with E-state index < -0.39 is 17.6 Å². The zero-order valence-electron chi connectivity index (χ0n) is 12.5. The van der Waals surface area contributed by atoms with Crippen LogP contribution in [0.4, 0.5) is 14.5 Å². The van der Waals surface area contributed by atoms with Crippen LogP contribution in [0, 0.1) is 0 Å². The van der Waals surface area contributed by atoms with Gasteiger partial charge in [-0.25, -0.2) is 13.8 Å². The molecule has 0 bridgehead atoms. The van der Waals surface area contributed by atoms with E-state index in [1.54, 1.807) is 13.2 Å². The second-order valence-corrected chi connectivity index (χ2v) is 5.32. The van der Waals surface area contributed by atoms with E-state index in [1.807, 2.05) is 0 Å². The van der Waals surface area contributed by atoms with Crippen molar-refractivity contribution in [3.05, 3.63) is 58.9 Å². The lowest BCUT2D eigenvalue weighted by Crippen LogP contribution is -2.12. The molecule has 0 spiro atoms. The average Bonchev–Trinajstić information content (AvgIpc) is 3.16. The van der Waals surface area contributed by atoms with Gasteiger partial charge in [0, 0.05) is 18.6 Å². The maximum Gasteiger partial charge on any atom is 0.275 e. The summed E-state index contributed by atoms with van der Waals surface area (Å²) in [5.74, 6) is -2.09. The molecule has 5 nitrogen and oxygen atoms in total. The van der Waals surface area contributed by atoms with Gasteiger partial charge in [-0.05, 0) is 13.0 Å². The highest BCUT2D eigenvalue weighted by molar-refractivity contribution is 7.11. The maximum absolute atomic E-state index is 13.9. The Kier molecular flexibility index (Phi) is 5.17. The summed E-state index contributed by atoms with van der Waals surface area (Å²) in [6.45, 7) is 4.73. The number of halogens is 2. The predicted octanol–water partition coefficient (Wildman–Crippen LogP) is 3.87. The van der Waals surface area contributed by atoms with Crippen molar-refractivity contribution in [3.8, 4) is 0 Å². The molecule has 2 heterocycles. The summed E-state index contributed by atoms with van der Waals surface area (Å²) in [5, 5.41) is 8.02. The Balaban J connectivity index is 2.28. The van der Waals surface area contributed by atoms with Crippen molar-refractivity contribution >= 4 is 28.5 Å². The van der Waals surface area contributed by atoms with Crippen molar-refractivity contribution in [2.75, 3.05) is 5.32 Å². The second-order valence-electron chi connectivity index (χ2n) is 4.46. The van der Waals surface area contributed by atoms with Crippen LogP contribution in [0.3, 0.4) is 0 Å². The van der Waals surface area contributed by atoms with E-state index in [4.69, 9.17) is 0 Å². The smallest absolute Gasteiger partial charge is 0.275 e. The van der Waals surface area contributed by atoms with Gasteiger partial charge in [0.2, 0.25) is 0 Å². The molecule has 0 radical (unpaired) electrons. The molecule has 0 atom stereocenters. The summed E-state index contributed by atoms with van der Waals surface area (Å²) in [6, 6.07) is 0. The molecule has 0 saturated heterocycles. The minimum atomic E-state index is -0.839. The van der Waals surface area contributed by atoms with Gasteiger partial charge in [-0.1, -0.05) is 12.7 Å². The van der Waals surface area contributed by atoms with Crippen LogP contribution in [-0.4, -0.2) is 20.7 Å². The van der Waals surface area contributed by atoms with Crippen LogP contribution in [0.1, 0.15) is 22.4 Å². The van der Waals surface area contributed by atoms with Crippen molar-refractivity contribution < 1.29 is 13.6 Å². The number of carbonyl (C=O) groups is 1. The van der Waals surface area contributed by atoms with E-state index in [9.17, 15) is 13.6 Å². The number of hydrogen-bond donors (Lipinski definition) is 1. The molecule has 0 aliphatic heterocycles. The Morgan fingerprint density at radius 1 is 1.48 bits per heavy atom. The Morgan fingerprint density at radius 2 is 2.22 bits per heavy atom. The van der Waals surface area contributed by atoms with E-state index >= 15 is 0 Å². The number of rotatable bonds is 5. The Morgan fingerprint density at radius 3 is 2.78 bits per heavy atom. The van der Waals surface area contributed by atoms with Crippen molar-refractivity contribution in [3.63, 3.8) is 0 Å². The summed E-state index contributed by atoms with van der Waals surface area (Å²) in [4.78, 5) is 16.1. The van der Waals surface area contributed by atoms with Gasteiger partial charge in [0.1, 0.15) is 22.4 Å². The van der Waals surface area contributed by atoms with Crippen molar-refractivity contribution in [1.29, 1.82) is 0 Å². The number of carbonyl (C=O) groups excluding carboxylic acids is 1. The number of aromatic nitrogens is 3. The number of allylic oxidation sites excluding steroid dienone is 5. The minimum Gasteiger partial charge on any atom is -0.318 e. The molecule has 8 heteroatoms. The fourth-order valence-electron chi connectivity index (χ4n) is 1.74. The van der Waals surface area contributed by atoms with Crippen LogP contribution < -0.4 is 5.32 Å². The second kappa shape index (κ2) is 7.10. The number of nitrogens with one attached hydrogen (secondary N) is 1. The highest BCUT2D eigenvalue weighted by Crippen LogP contribution is 2.31. The summed E-state index contributed by atoms with van der Waals surface area (Å²) >= 11 is 0.970. The van der Waals surface area contributed by atoms with Gasteiger partial charge in [0.15, 0.2) is 0 Å². The third kappa shape index (κ3) is 3.78. The first-order chi connectivity index (χ1) is 11.0. The molecule has 0 aliphatic carbocycles. The molecule has 1 amide bonds. The zero-order valence-corrected chi connectivity index (χ0v) is 13.3. The van der Waals surface area contributed by atoms with Crippen molar-refractivity contribution in [1.82, 2.24) is 14.8 Å². The fourth-order valence-corrected chi connectivity index (χ4v) is 2.59. The standard InChI is InChI=1S/C15H14F2N4OS/c1-4-10(16)13(11(17)5-2)15-20-12(8-23-15)14(22)19-9-6-18-21(3)7-9/h4-8H,1H2,2-3H3,(H,19,22)/b11-5+,13-10-. The highest BCUT2D eigenvalue weighted by Gasteiger charge is 2.19. The molecule has 0 fully saturated rings. The van der Waals surface area contributed by atoms with E-state index in [0.29, 0.717) is 5.69 Å². The van der Waals surface area contributed by atoms with Crippen LogP contribution in [0.25, 0.3) is 5.57 Å². The van der Waals surface area contributed by atoms with Crippen LogP contribution in [0.5, 0.6) is 0 Å². The lowest BCUT2D eigenvalue weighted by Gasteiger charge is -2.02. The third-order valence-electron chi connectivity index (χ3n) is 2.82. The van der Waals surface area contributed by atoms with Crippen LogP contribution in [-0.2, 0) is 7.05 Å². The van der Waals surface area contributed by atoms with Gasteiger partial charge in [0.05, 0.1) is 17.5 Å². The van der Waals surface area contributed by atoms with E-state index in [0.717, 1.165) is 23.5 Å². The molecule has 0 aliphatic rings. The number of nitrogens with zero attached hydrogens (tertiary/aromatic N) is 3. The number of anilines is 1.